The summed E-state index contributed by atoms with van der Waals surface area (Å²) in [6.07, 6.45) is -2.51. The first kappa shape index (κ1) is 15.1. The van der Waals surface area contributed by atoms with Gasteiger partial charge in [0.25, 0.3) is 6.43 Å². The highest BCUT2D eigenvalue weighted by molar-refractivity contribution is 7.91. The van der Waals surface area contributed by atoms with Gasteiger partial charge in [0.2, 0.25) is 0 Å². The third kappa shape index (κ3) is 4.07. The molecule has 18 heavy (non-hydrogen) atoms. The van der Waals surface area contributed by atoms with Crippen LogP contribution in [0.2, 0.25) is 0 Å². The van der Waals surface area contributed by atoms with Crippen molar-refractivity contribution in [1.29, 1.82) is 0 Å². The minimum atomic E-state index is -2.51. The van der Waals surface area contributed by atoms with Gasteiger partial charge in [-0.3, -0.25) is 0 Å². The van der Waals surface area contributed by atoms with Crippen molar-refractivity contribution >= 4 is 17.1 Å². The molecule has 1 atom stereocenters. The molecule has 0 aliphatic carbocycles. The molecule has 0 radical (unpaired) electrons. The Hall–Kier alpha value is -0.940. The van der Waals surface area contributed by atoms with Crippen LogP contribution in [0.4, 0.5) is 8.78 Å². The second kappa shape index (κ2) is 5.80. The molecule has 0 fully saturated rings. The molecular formula is C13H17F2NOS. The van der Waals surface area contributed by atoms with Crippen LogP contribution in [0.25, 0.3) is 0 Å². The zero-order chi connectivity index (χ0) is 13.9. The molecule has 0 N–H and O–H groups in total. The maximum Gasteiger partial charge on any atom is 0.263 e. The van der Waals surface area contributed by atoms with Gasteiger partial charge in [0.1, 0.15) is 16.1 Å². The lowest BCUT2D eigenvalue weighted by Gasteiger charge is -2.18. The number of hydrogen-bond acceptors (Lipinski definition) is 2. The lowest BCUT2D eigenvalue weighted by atomic mass is 10.1. The van der Waals surface area contributed by atoms with Crippen LogP contribution in [0, 0.1) is 0 Å². The van der Waals surface area contributed by atoms with Gasteiger partial charge in [0.05, 0.1) is 5.71 Å². The molecule has 0 spiro atoms. The minimum Gasteiger partial charge on any atom is -0.591 e. The minimum absolute atomic E-state index is 0.0522. The molecule has 1 aromatic rings. The van der Waals surface area contributed by atoms with Gasteiger partial charge >= 0.3 is 0 Å². The molecular weight excluding hydrogens is 256 g/mol. The van der Waals surface area contributed by atoms with Gasteiger partial charge in [-0.1, -0.05) is 22.6 Å². The molecule has 0 saturated heterocycles. The van der Waals surface area contributed by atoms with Gasteiger partial charge in [-0.25, -0.2) is 8.78 Å². The van der Waals surface area contributed by atoms with Gasteiger partial charge in [-0.15, -0.1) is 0 Å². The van der Waals surface area contributed by atoms with E-state index in [9.17, 15) is 13.3 Å². The topological polar surface area (TPSA) is 35.4 Å². The van der Waals surface area contributed by atoms with Crippen molar-refractivity contribution in [3.8, 4) is 0 Å². The fraction of sp³-hybridized carbons (Fsp3) is 0.462. The zero-order valence-electron chi connectivity index (χ0n) is 10.9. The van der Waals surface area contributed by atoms with E-state index in [2.05, 4.69) is 4.40 Å². The predicted molar refractivity (Wildman–Crippen MR) is 71.5 cm³/mol. The molecule has 0 heterocycles. The first-order valence-electron chi connectivity index (χ1n) is 5.57. The summed E-state index contributed by atoms with van der Waals surface area (Å²) in [6.45, 7) is 7.12. The Morgan fingerprint density at radius 3 is 2.44 bits per heavy atom. The summed E-state index contributed by atoms with van der Waals surface area (Å²) in [5.41, 5.74) is 1.03. The van der Waals surface area contributed by atoms with Crippen LogP contribution in [-0.2, 0) is 11.4 Å². The second-order valence-corrected chi connectivity index (χ2v) is 6.87. The summed E-state index contributed by atoms with van der Waals surface area (Å²) in [5, 5.41) is 0. The summed E-state index contributed by atoms with van der Waals surface area (Å²) in [4.78, 5) is 0. The van der Waals surface area contributed by atoms with E-state index < -0.39 is 22.5 Å². The van der Waals surface area contributed by atoms with Crippen LogP contribution in [0.5, 0.6) is 0 Å². The highest BCUT2D eigenvalue weighted by atomic mass is 32.2. The summed E-state index contributed by atoms with van der Waals surface area (Å²) >= 11 is -1.38. The van der Waals surface area contributed by atoms with Gasteiger partial charge < -0.3 is 4.55 Å². The summed E-state index contributed by atoms with van der Waals surface area (Å²) in [5.74, 6) is 0. The lowest BCUT2D eigenvalue weighted by molar-refractivity contribution is 0.151. The van der Waals surface area contributed by atoms with Crippen molar-refractivity contribution in [3.05, 3.63) is 35.4 Å². The van der Waals surface area contributed by atoms with E-state index in [0.717, 1.165) is 0 Å². The number of benzene rings is 1. The quantitative estimate of drug-likeness (QED) is 0.607. The van der Waals surface area contributed by atoms with E-state index in [1.54, 1.807) is 19.1 Å². The average molecular weight is 273 g/mol. The average Bonchev–Trinajstić information content (AvgIpc) is 2.27. The van der Waals surface area contributed by atoms with E-state index in [-0.39, 0.29) is 5.56 Å². The number of rotatable bonds is 3. The van der Waals surface area contributed by atoms with Crippen LogP contribution >= 0.6 is 0 Å². The van der Waals surface area contributed by atoms with E-state index in [1.807, 2.05) is 20.8 Å². The molecule has 0 saturated carbocycles. The Morgan fingerprint density at radius 2 is 1.94 bits per heavy atom. The molecule has 5 heteroatoms. The van der Waals surface area contributed by atoms with Crippen LogP contribution in [0.1, 0.15) is 45.2 Å². The zero-order valence-corrected chi connectivity index (χ0v) is 11.7. The maximum atomic E-state index is 12.6. The van der Waals surface area contributed by atoms with Crippen molar-refractivity contribution in [3.63, 3.8) is 0 Å². The number of nitrogens with zero attached hydrogens (tertiary/aromatic N) is 1. The van der Waals surface area contributed by atoms with Crippen LogP contribution in [0.3, 0.4) is 0 Å². The van der Waals surface area contributed by atoms with Crippen molar-refractivity contribution < 1.29 is 13.3 Å². The first-order valence-corrected chi connectivity index (χ1v) is 6.68. The van der Waals surface area contributed by atoms with Gasteiger partial charge in [0, 0.05) is 11.1 Å². The van der Waals surface area contributed by atoms with Crippen molar-refractivity contribution in [2.75, 3.05) is 0 Å². The Bertz CT molecular complexity index is 441. The smallest absolute Gasteiger partial charge is 0.263 e. The Kier molecular flexibility index (Phi) is 4.87. The monoisotopic (exact) mass is 273 g/mol. The normalized spacial score (nSPS) is 15.0. The molecule has 0 aromatic heterocycles. The lowest BCUT2D eigenvalue weighted by Crippen LogP contribution is -2.26. The molecule has 2 nitrogen and oxygen atoms in total. The van der Waals surface area contributed by atoms with Crippen molar-refractivity contribution in [1.82, 2.24) is 0 Å². The third-order valence-corrected chi connectivity index (χ3v) is 3.79. The molecule has 0 amide bonds. The standard InChI is InChI=1S/C13H17F2NOS/c1-9(16-18(17)13(2,3)4)10-6-5-7-11(8-10)12(14)15/h5-8,12H,1-4H3/b16-9+. The van der Waals surface area contributed by atoms with E-state index >= 15 is 0 Å². The molecule has 1 unspecified atom stereocenters. The van der Waals surface area contributed by atoms with Crippen molar-refractivity contribution in [2.24, 2.45) is 4.40 Å². The fourth-order valence-corrected chi connectivity index (χ4v) is 1.84. The van der Waals surface area contributed by atoms with Crippen LogP contribution in [-0.4, -0.2) is 15.0 Å². The van der Waals surface area contributed by atoms with E-state index in [4.69, 9.17) is 0 Å². The largest absolute Gasteiger partial charge is 0.591 e. The highest BCUT2D eigenvalue weighted by Gasteiger charge is 2.26. The molecule has 100 valence electrons. The predicted octanol–water partition coefficient (Wildman–Crippen LogP) is 3.90. The van der Waals surface area contributed by atoms with Gasteiger partial charge in [-0.05, 0) is 33.8 Å². The fourth-order valence-electron chi connectivity index (χ4n) is 1.21. The first-order chi connectivity index (χ1) is 8.21. The number of halogens is 2. The third-order valence-electron chi connectivity index (χ3n) is 2.30. The second-order valence-electron chi connectivity index (χ2n) is 4.96. The highest BCUT2D eigenvalue weighted by Crippen LogP contribution is 2.21. The van der Waals surface area contributed by atoms with Crippen LogP contribution < -0.4 is 0 Å². The summed E-state index contributed by atoms with van der Waals surface area (Å²) in [6, 6.07) is 5.98. The summed E-state index contributed by atoms with van der Waals surface area (Å²) in [7, 11) is 0. The Balaban J connectivity index is 3.00. The maximum absolute atomic E-state index is 12.6. The Labute approximate surface area is 109 Å². The molecule has 1 rings (SSSR count). The number of hydrogen-bond donors (Lipinski definition) is 0. The van der Waals surface area contributed by atoms with Gasteiger partial charge in [0.15, 0.2) is 0 Å². The van der Waals surface area contributed by atoms with E-state index in [1.165, 1.54) is 12.1 Å². The molecule has 1 aromatic carbocycles. The molecule has 0 bridgehead atoms. The molecule has 0 aliphatic heterocycles. The molecule has 0 aliphatic rings. The number of alkyl halides is 2. The van der Waals surface area contributed by atoms with Crippen LogP contribution in [0.15, 0.2) is 28.7 Å². The van der Waals surface area contributed by atoms with E-state index in [0.29, 0.717) is 11.3 Å². The summed E-state index contributed by atoms with van der Waals surface area (Å²) < 4.78 is 40.6. The van der Waals surface area contributed by atoms with Crippen molar-refractivity contribution in [2.45, 2.75) is 38.9 Å². The SMILES string of the molecule is C/C(=N\[S+]([O-])C(C)(C)C)c1cccc(C(F)F)c1. The van der Waals surface area contributed by atoms with Gasteiger partial charge in [-0.2, -0.15) is 0 Å². The Morgan fingerprint density at radius 1 is 1.33 bits per heavy atom.